The van der Waals surface area contributed by atoms with Crippen molar-refractivity contribution in [3.05, 3.63) is 11.3 Å². The first-order valence-electron chi connectivity index (χ1n) is 16.3. The van der Waals surface area contributed by atoms with Gasteiger partial charge in [0.05, 0.1) is 25.4 Å². The number of carbonyl (C=O) groups excluding carboxylic acids is 4. The first-order chi connectivity index (χ1) is 19.8. The molecule has 0 spiro atoms. The number of ether oxygens (including phenoxy) is 2. The van der Waals surface area contributed by atoms with Crippen LogP contribution in [-0.4, -0.2) is 54.5 Å². The minimum atomic E-state index is -0.912. The molecule has 1 fully saturated rings. The highest BCUT2D eigenvalue weighted by molar-refractivity contribution is 6.34. The molecule has 4 atom stereocenters. The number of nitrogens with one attached hydrogen (secondary N) is 1. The molecule has 3 amide bonds. The average molecular weight is 577 g/mol. The third-order valence-corrected chi connectivity index (χ3v) is 8.76. The van der Waals surface area contributed by atoms with Crippen molar-refractivity contribution < 1.29 is 28.7 Å². The van der Waals surface area contributed by atoms with Crippen molar-refractivity contribution in [2.45, 2.75) is 155 Å². The molecule has 2 aliphatic rings. The molecule has 1 heterocycles. The normalized spacial score (nSPS) is 23.1. The highest BCUT2D eigenvalue weighted by atomic mass is 16.5. The summed E-state index contributed by atoms with van der Waals surface area (Å²) in [7, 11) is 1.22. The van der Waals surface area contributed by atoms with Gasteiger partial charge >= 0.3 is 12.1 Å². The van der Waals surface area contributed by atoms with E-state index in [4.69, 9.17) is 9.47 Å². The second kappa shape index (κ2) is 19.1. The van der Waals surface area contributed by atoms with Crippen LogP contribution < -0.4 is 5.32 Å². The van der Waals surface area contributed by atoms with Crippen LogP contribution in [0.3, 0.4) is 0 Å². The number of allylic oxidation sites excluding steroid dienone is 1. The zero-order valence-electron chi connectivity index (χ0n) is 26.4. The Morgan fingerprint density at radius 1 is 0.951 bits per heavy atom. The number of hydrogen-bond donors (Lipinski definition) is 1. The Morgan fingerprint density at radius 3 is 2.02 bits per heavy atom. The van der Waals surface area contributed by atoms with Gasteiger partial charge in [0, 0.05) is 17.2 Å². The summed E-state index contributed by atoms with van der Waals surface area (Å²) >= 11 is 0. The van der Waals surface area contributed by atoms with E-state index >= 15 is 0 Å². The molecule has 1 aliphatic carbocycles. The molecule has 0 bridgehead atoms. The van der Waals surface area contributed by atoms with E-state index in [1.165, 1.54) is 77.7 Å². The van der Waals surface area contributed by atoms with Crippen LogP contribution in [-0.2, 0) is 19.1 Å². The summed E-state index contributed by atoms with van der Waals surface area (Å²) in [6, 6.07) is -1.56. The lowest BCUT2D eigenvalue weighted by molar-refractivity contribution is -0.128. The maximum atomic E-state index is 13.1. The van der Waals surface area contributed by atoms with E-state index in [-0.39, 0.29) is 35.9 Å². The summed E-state index contributed by atoms with van der Waals surface area (Å²) in [6.45, 7) is 7.81. The van der Waals surface area contributed by atoms with Crippen molar-refractivity contribution in [3.63, 3.8) is 0 Å². The van der Waals surface area contributed by atoms with Crippen LogP contribution in [0.1, 0.15) is 137 Å². The Balaban J connectivity index is 2.06. The summed E-state index contributed by atoms with van der Waals surface area (Å²) in [5.41, 5.74) is 0.468. The van der Waals surface area contributed by atoms with Gasteiger partial charge in [0.2, 0.25) is 5.78 Å². The second-order valence-corrected chi connectivity index (χ2v) is 12.3. The number of ketones is 1. The summed E-state index contributed by atoms with van der Waals surface area (Å²) in [5, 5.41) is 2.59. The molecule has 1 saturated carbocycles. The van der Waals surface area contributed by atoms with Gasteiger partial charge in [-0.05, 0) is 46.0 Å². The molecule has 0 radical (unpaired) electrons. The van der Waals surface area contributed by atoms with Crippen LogP contribution in [0.4, 0.5) is 9.59 Å². The molecule has 41 heavy (non-hydrogen) atoms. The van der Waals surface area contributed by atoms with Crippen molar-refractivity contribution >= 4 is 24.2 Å². The zero-order chi connectivity index (χ0) is 30.2. The number of unbranched alkanes of at least 4 members (excludes halogenated alkanes) is 12. The molecule has 0 saturated heterocycles. The molecule has 8 nitrogen and oxygen atoms in total. The third-order valence-electron chi connectivity index (χ3n) is 8.76. The highest BCUT2D eigenvalue weighted by Crippen LogP contribution is 2.43. The Morgan fingerprint density at radius 2 is 1.51 bits per heavy atom. The molecular weight excluding hydrogens is 520 g/mol. The number of methoxy groups -OCH3 is 1. The van der Waals surface area contributed by atoms with E-state index in [1.807, 2.05) is 13.8 Å². The van der Waals surface area contributed by atoms with E-state index in [9.17, 15) is 19.2 Å². The first-order valence-corrected chi connectivity index (χ1v) is 16.3. The quantitative estimate of drug-likeness (QED) is 0.0953. The van der Waals surface area contributed by atoms with Crippen LogP contribution in [0.15, 0.2) is 11.3 Å². The van der Waals surface area contributed by atoms with Gasteiger partial charge in [-0.25, -0.2) is 14.5 Å². The van der Waals surface area contributed by atoms with Crippen molar-refractivity contribution in [2.75, 3.05) is 7.11 Å². The molecule has 2 rings (SSSR count). The van der Waals surface area contributed by atoms with Crippen molar-refractivity contribution in [2.24, 2.45) is 11.8 Å². The van der Waals surface area contributed by atoms with Crippen LogP contribution >= 0.6 is 0 Å². The maximum Gasteiger partial charge on any atom is 0.418 e. The van der Waals surface area contributed by atoms with Gasteiger partial charge in [0.15, 0.2) is 6.29 Å². The van der Waals surface area contributed by atoms with Crippen LogP contribution in [0, 0.1) is 11.8 Å². The predicted octanol–water partition coefficient (Wildman–Crippen LogP) is 7.88. The van der Waals surface area contributed by atoms with Crippen LogP contribution in [0.5, 0.6) is 0 Å². The fourth-order valence-corrected chi connectivity index (χ4v) is 6.82. The Labute approximate surface area is 248 Å². The number of rotatable bonds is 19. The molecule has 0 aromatic heterocycles. The number of carbonyl (C=O) groups is 4. The third kappa shape index (κ3) is 10.8. The molecule has 0 aromatic rings. The molecule has 4 unspecified atom stereocenters. The number of aldehydes is 1. The van der Waals surface area contributed by atoms with Gasteiger partial charge in [-0.3, -0.25) is 9.59 Å². The number of Topliss-reactive ketones (excluding diaryl/α,β-unsaturated/α-hetero) is 1. The zero-order valence-corrected chi connectivity index (χ0v) is 26.4. The van der Waals surface area contributed by atoms with Crippen molar-refractivity contribution in [1.82, 2.24) is 10.2 Å². The van der Waals surface area contributed by atoms with Crippen LogP contribution in [0.2, 0.25) is 0 Å². The molecule has 1 aliphatic heterocycles. The lowest BCUT2D eigenvalue weighted by Crippen LogP contribution is -2.61. The average Bonchev–Trinajstić information content (AvgIpc) is 2.94. The SMILES string of the molecule is CCCCCCCCCCCCCCCC1CCCC(OC(C)C)C1C1C(C(=O)C=O)=C(C)NC(=O)N1C(=O)OC. The monoisotopic (exact) mass is 576 g/mol. The van der Waals surface area contributed by atoms with Crippen LogP contribution in [0.25, 0.3) is 0 Å². The van der Waals surface area contributed by atoms with Gasteiger partial charge < -0.3 is 14.8 Å². The van der Waals surface area contributed by atoms with Gasteiger partial charge in [0.25, 0.3) is 0 Å². The number of amides is 3. The molecule has 234 valence electrons. The lowest BCUT2D eigenvalue weighted by Gasteiger charge is -2.47. The van der Waals surface area contributed by atoms with Crippen molar-refractivity contribution in [3.8, 4) is 0 Å². The standard InChI is InChI=1S/C33H56N2O6/c1-6-7-8-9-10-11-12-13-14-15-16-17-18-20-26-21-19-22-28(41-24(2)3)30(26)31-29(27(37)23-36)25(4)34-32(38)35(31)33(39)40-5/h23-24,26,28,30-31H,6-22H2,1-5H3,(H,34,38). The molecular formula is C33H56N2O6. The second-order valence-electron chi connectivity index (χ2n) is 12.3. The number of imide groups is 1. The van der Waals surface area contributed by atoms with E-state index in [0.717, 1.165) is 43.4 Å². The Hall–Kier alpha value is -2.22. The highest BCUT2D eigenvalue weighted by Gasteiger charge is 2.50. The smallest absolute Gasteiger partial charge is 0.418 e. The van der Waals surface area contributed by atoms with Gasteiger partial charge in [-0.1, -0.05) is 96.8 Å². The minimum Gasteiger partial charge on any atom is -0.452 e. The van der Waals surface area contributed by atoms with E-state index in [2.05, 4.69) is 12.2 Å². The Bertz CT molecular complexity index is 870. The van der Waals surface area contributed by atoms with Gasteiger partial charge in [-0.2, -0.15) is 0 Å². The summed E-state index contributed by atoms with van der Waals surface area (Å²) in [5.74, 6) is -0.886. The molecule has 1 N–H and O–H groups in total. The topological polar surface area (TPSA) is 102 Å². The minimum absolute atomic E-state index is 0.0584. The predicted molar refractivity (Wildman–Crippen MR) is 161 cm³/mol. The summed E-state index contributed by atoms with van der Waals surface area (Å²) in [4.78, 5) is 51.6. The molecule has 8 heteroatoms. The van der Waals surface area contributed by atoms with Crippen molar-refractivity contribution in [1.29, 1.82) is 0 Å². The van der Waals surface area contributed by atoms with E-state index < -0.39 is 23.9 Å². The number of urea groups is 1. The fourth-order valence-electron chi connectivity index (χ4n) is 6.82. The number of hydrogen-bond acceptors (Lipinski definition) is 6. The lowest BCUT2D eigenvalue weighted by atomic mass is 9.68. The van der Waals surface area contributed by atoms with Gasteiger partial charge in [-0.15, -0.1) is 0 Å². The molecule has 0 aromatic carbocycles. The number of nitrogens with zero attached hydrogens (tertiary/aromatic N) is 1. The summed E-state index contributed by atoms with van der Waals surface area (Å²) < 4.78 is 11.3. The summed E-state index contributed by atoms with van der Waals surface area (Å²) in [6.07, 6.45) is 19.4. The Kier molecular flexibility index (Phi) is 16.3. The fraction of sp³-hybridized carbons (Fsp3) is 0.818. The first kappa shape index (κ1) is 35.0. The largest absolute Gasteiger partial charge is 0.452 e. The van der Waals surface area contributed by atoms with E-state index in [1.54, 1.807) is 6.92 Å². The van der Waals surface area contributed by atoms with E-state index in [0.29, 0.717) is 5.70 Å². The van der Waals surface area contributed by atoms with Gasteiger partial charge in [0.1, 0.15) is 0 Å². The maximum absolute atomic E-state index is 13.1.